The van der Waals surface area contributed by atoms with Crippen molar-refractivity contribution in [2.24, 2.45) is 0 Å². The van der Waals surface area contributed by atoms with E-state index in [0.29, 0.717) is 0 Å². The predicted molar refractivity (Wildman–Crippen MR) is 208 cm³/mol. The molecule has 0 spiro atoms. The molecule has 0 saturated carbocycles. The molecule has 17 heterocycles. The van der Waals surface area contributed by atoms with Crippen molar-refractivity contribution in [2.45, 2.75) is 74.0 Å². The van der Waals surface area contributed by atoms with E-state index in [4.69, 9.17) is 0 Å². The molecule has 0 atom stereocenters. The van der Waals surface area contributed by atoms with Gasteiger partial charge in [-0.25, -0.2) is 57.5 Å². The summed E-state index contributed by atoms with van der Waals surface area (Å²) in [4.78, 5) is 198. The Morgan fingerprint density at radius 2 is 0.329 bits per heavy atom. The fraction of sp³-hybridized carbons (Fsp3) is 0.647. The Morgan fingerprint density at radius 1 is 0.200 bits per heavy atom. The van der Waals surface area contributed by atoms with Crippen LogP contribution in [0.1, 0.15) is 0 Å². The third kappa shape index (κ3) is 3.76. The van der Waals surface area contributed by atoms with Crippen LogP contribution in [-0.2, 0) is 0 Å². The summed E-state index contributed by atoms with van der Waals surface area (Å²) in [5.41, 5.74) is 0. The smallest absolute Gasteiger partial charge is 0.314 e. The normalized spacial score (nSPS) is 39.7. The van der Waals surface area contributed by atoms with Crippen molar-refractivity contribution in [2.75, 3.05) is 66.7 Å². The summed E-state index contributed by atoms with van der Waals surface area (Å²) in [6, 6.07) is -7.34. The lowest BCUT2D eigenvalue weighted by Gasteiger charge is -2.42. The number of carbonyl (C=O) groups is 12. The molecule has 17 fully saturated rings. The average Bonchev–Trinajstić information content (AvgIpc) is 4.21. The molecule has 0 aromatic carbocycles. The van der Waals surface area contributed by atoms with E-state index in [1.54, 1.807) is 0 Å². The van der Waals surface area contributed by atoms with Crippen LogP contribution < -0.4 is 21.3 Å². The second-order valence-electron chi connectivity index (χ2n) is 20.0. The quantitative estimate of drug-likeness (QED) is 0.176. The first kappa shape index (κ1) is 37.2. The molecule has 4 N–H and O–H groups in total. The lowest BCUT2D eigenvalue weighted by atomic mass is 10.3. The number of hydrogen-bond acceptors (Lipinski definition) is 12. The highest BCUT2D eigenvalue weighted by atomic mass is 16.2. The van der Waals surface area contributed by atoms with Gasteiger partial charge < -0.3 is 21.3 Å². The minimum atomic E-state index is -1.17. The molecule has 36 heteroatoms. The van der Waals surface area contributed by atoms with Crippen LogP contribution in [0.5, 0.6) is 0 Å². The standard InChI is InChI=1S/C34H36N24O12/c59-23-35-11-13-39(23)1-43-15-17-47(27(43)63)5-51-19-21-55(31(51)67)9-57-22-20-53(33(57)69)7-49-18-16-45(29(49)65)3-41-14-12(37-25(41)61)38-26(62)42(14)4-46(16)30(66)50(18)8-54(20)34(70)58(22)10-56(21)32(68)52(19)6-48(17)28(64)44(15)2-40(13)24(60)36-11/h11-22H,1-10H2,(H,35,59)(H,36,60)(H,37,61)(H,38,62). The molecular weight excluding hydrogens is 937 g/mol. The van der Waals surface area contributed by atoms with Crippen LogP contribution in [0.15, 0.2) is 0 Å². The minimum absolute atomic E-state index is 0.313. The molecule has 364 valence electrons. The topological polar surface area (TPSA) is 318 Å². The highest BCUT2D eigenvalue weighted by molar-refractivity contribution is 5.94. The first-order chi connectivity index (χ1) is 33.7. The van der Waals surface area contributed by atoms with Gasteiger partial charge in [0.2, 0.25) is 0 Å². The molecule has 24 amide bonds. The van der Waals surface area contributed by atoms with Gasteiger partial charge in [-0.2, -0.15) is 0 Å². The summed E-state index contributed by atoms with van der Waals surface area (Å²) in [5, 5.41) is 10.8. The molecule has 0 aromatic heterocycles. The first-order valence-electron chi connectivity index (χ1n) is 22.6. The Labute approximate surface area is 389 Å². The monoisotopic (exact) mass is 972 g/mol. The maximum Gasteiger partial charge on any atom is 0.326 e. The van der Waals surface area contributed by atoms with Crippen molar-refractivity contribution in [1.82, 2.24) is 119 Å². The number of urea groups is 12. The largest absolute Gasteiger partial charge is 0.326 e. The van der Waals surface area contributed by atoms with Crippen molar-refractivity contribution in [1.29, 1.82) is 0 Å². The van der Waals surface area contributed by atoms with E-state index in [1.165, 1.54) is 98.0 Å². The average molecular weight is 973 g/mol. The zero-order chi connectivity index (χ0) is 47.3. The number of nitrogens with zero attached hydrogens (tertiary/aromatic N) is 20. The highest BCUT2D eigenvalue weighted by Gasteiger charge is 2.73. The van der Waals surface area contributed by atoms with Crippen LogP contribution in [0.2, 0.25) is 0 Å². The highest BCUT2D eigenvalue weighted by Crippen LogP contribution is 2.49. The van der Waals surface area contributed by atoms with Gasteiger partial charge in [0.05, 0.1) is 0 Å². The Balaban J connectivity index is 0.721. The second-order valence-corrected chi connectivity index (χ2v) is 20.0. The first-order valence-corrected chi connectivity index (χ1v) is 22.6. The predicted octanol–water partition coefficient (Wildman–Crippen LogP) is -6.46. The van der Waals surface area contributed by atoms with Crippen molar-refractivity contribution in [3.05, 3.63) is 0 Å². The SMILES string of the molecule is O=C1NC2NC(=O)N3CN4C(=O)N5CN6C(=O)N7CN8C(=O)N9CN%10C(=O)N%11CN%12C(=O)NC%13NC(=O)N(CN%14C(=O)N(CN%15C(=O)N(CN%16C(=O)N(CN%17C(=O)N(CN1C23)C4C%175)C6C%167)C8C%159)C%10C%14%11)C%13%12. The maximum atomic E-state index is 15.0. The lowest BCUT2D eigenvalue weighted by molar-refractivity contribution is -0.0184. The molecule has 0 aliphatic carbocycles. The Bertz CT molecular complexity index is 2440. The third-order valence-electron chi connectivity index (χ3n) is 17.2. The summed E-state index contributed by atoms with van der Waals surface area (Å²) in [6.07, 6.45) is -12.3. The van der Waals surface area contributed by atoms with Gasteiger partial charge >= 0.3 is 72.4 Å². The summed E-state index contributed by atoms with van der Waals surface area (Å²) >= 11 is 0. The summed E-state index contributed by atoms with van der Waals surface area (Å²) < 4.78 is 0. The lowest BCUT2D eigenvalue weighted by Crippen LogP contribution is -2.63. The number of nitrogens with one attached hydrogen (secondary N) is 4. The van der Waals surface area contributed by atoms with E-state index in [-0.39, 0.29) is 26.7 Å². The summed E-state index contributed by atoms with van der Waals surface area (Å²) in [7, 11) is 0. The Hall–Kier alpha value is -8.76. The molecule has 0 bridgehead atoms. The minimum Gasteiger partial charge on any atom is -0.314 e. The van der Waals surface area contributed by atoms with E-state index in [0.717, 1.165) is 0 Å². The maximum absolute atomic E-state index is 15.0. The van der Waals surface area contributed by atoms with Crippen LogP contribution >= 0.6 is 0 Å². The molecule has 17 aliphatic heterocycles. The molecule has 0 aromatic rings. The van der Waals surface area contributed by atoms with Crippen molar-refractivity contribution in [3.8, 4) is 0 Å². The van der Waals surface area contributed by atoms with E-state index in [2.05, 4.69) is 21.3 Å². The molecular formula is C34H36N24O12. The molecule has 17 aliphatic rings. The zero-order valence-electron chi connectivity index (χ0n) is 35.8. The van der Waals surface area contributed by atoms with E-state index in [9.17, 15) is 38.4 Å². The number of rotatable bonds is 0. The number of amides is 24. The Morgan fingerprint density at radius 3 is 0.471 bits per heavy atom. The van der Waals surface area contributed by atoms with E-state index < -0.39 is 186 Å². The van der Waals surface area contributed by atoms with Crippen LogP contribution in [0.4, 0.5) is 57.5 Å². The van der Waals surface area contributed by atoms with Crippen LogP contribution in [0.3, 0.4) is 0 Å². The van der Waals surface area contributed by atoms with Crippen molar-refractivity contribution in [3.63, 3.8) is 0 Å². The fourth-order valence-electron chi connectivity index (χ4n) is 14.4. The number of hydrogen-bond donors (Lipinski definition) is 4. The molecule has 17 saturated heterocycles. The van der Waals surface area contributed by atoms with Gasteiger partial charge in [0.1, 0.15) is 79.0 Å². The molecule has 70 heavy (non-hydrogen) atoms. The zero-order valence-corrected chi connectivity index (χ0v) is 35.8. The molecule has 36 nitrogen and oxygen atoms in total. The molecule has 17 rings (SSSR count). The summed E-state index contributed by atoms with van der Waals surface area (Å²) in [6.45, 7) is -3.94. The third-order valence-corrected chi connectivity index (χ3v) is 17.2. The van der Waals surface area contributed by atoms with Crippen molar-refractivity contribution >= 4 is 72.4 Å². The number of carbonyl (C=O) groups excluding carboxylic acids is 12. The van der Waals surface area contributed by atoms with Gasteiger partial charge in [-0.15, -0.1) is 0 Å². The van der Waals surface area contributed by atoms with Crippen LogP contribution in [-0.4, -0.2) is 311 Å². The van der Waals surface area contributed by atoms with Crippen molar-refractivity contribution < 1.29 is 57.5 Å². The van der Waals surface area contributed by atoms with E-state index >= 15 is 19.2 Å². The second kappa shape index (κ2) is 11.2. The van der Waals surface area contributed by atoms with Crippen LogP contribution in [0, 0.1) is 0 Å². The summed E-state index contributed by atoms with van der Waals surface area (Å²) in [5.74, 6) is 0. The molecule has 0 radical (unpaired) electrons. The van der Waals surface area contributed by atoms with Gasteiger partial charge in [-0.05, 0) is 0 Å². The van der Waals surface area contributed by atoms with Gasteiger partial charge in [0, 0.05) is 0 Å². The Kier molecular flexibility index (Phi) is 5.97. The van der Waals surface area contributed by atoms with Crippen LogP contribution in [0.25, 0.3) is 0 Å². The van der Waals surface area contributed by atoms with Gasteiger partial charge in [0.25, 0.3) is 0 Å². The van der Waals surface area contributed by atoms with Gasteiger partial charge in [-0.3, -0.25) is 98.0 Å². The van der Waals surface area contributed by atoms with E-state index in [1.807, 2.05) is 0 Å². The van der Waals surface area contributed by atoms with Gasteiger partial charge in [-0.1, -0.05) is 0 Å². The van der Waals surface area contributed by atoms with Gasteiger partial charge in [0.15, 0.2) is 61.7 Å². The molecule has 0 unspecified atom stereocenters. The fourth-order valence-corrected chi connectivity index (χ4v) is 14.4.